The van der Waals surface area contributed by atoms with Gasteiger partial charge in [-0.3, -0.25) is 9.67 Å². The van der Waals surface area contributed by atoms with E-state index in [1.54, 1.807) is 40.2 Å². The third-order valence-electron chi connectivity index (χ3n) is 9.48. The Balaban J connectivity index is 1.21. The fourth-order valence-corrected chi connectivity index (χ4v) is 9.28. The average molecular weight is 713 g/mol. The van der Waals surface area contributed by atoms with Crippen molar-refractivity contribution in [1.82, 2.24) is 19.3 Å². The van der Waals surface area contributed by atoms with Gasteiger partial charge in [-0.15, -0.1) is 23.5 Å². The Hall–Kier alpha value is -3.99. The summed E-state index contributed by atoms with van der Waals surface area (Å²) in [5, 5.41) is 18.7. The predicted octanol–water partition coefficient (Wildman–Crippen LogP) is 9.47. The molecule has 8 bridgehead atoms. The van der Waals surface area contributed by atoms with E-state index in [4.69, 9.17) is 26.4 Å². The minimum absolute atomic E-state index is 0.279. The highest BCUT2D eigenvalue weighted by Gasteiger charge is 2.29. The maximum atomic E-state index is 14.2. The van der Waals surface area contributed by atoms with E-state index in [1.807, 2.05) is 37.5 Å². The lowest BCUT2D eigenvalue weighted by atomic mass is 9.97. The number of pyridine rings is 1. The third kappa shape index (κ3) is 6.08. The second-order valence-corrected chi connectivity index (χ2v) is 15.1. The number of hydrogen-bond donors (Lipinski definition) is 1. The lowest BCUT2D eigenvalue weighted by Crippen LogP contribution is -2.08. The zero-order valence-electron chi connectivity index (χ0n) is 27.0. The van der Waals surface area contributed by atoms with Crippen LogP contribution in [0.4, 0.5) is 4.39 Å². The summed E-state index contributed by atoms with van der Waals surface area (Å²) in [6, 6.07) is 16.9. The van der Waals surface area contributed by atoms with Crippen LogP contribution in [0.15, 0.2) is 65.7 Å². The highest BCUT2D eigenvalue weighted by molar-refractivity contribution is 7.98. The zero-order chi connectivity index (χ0) is 33.6. The number of ether oxygens (including phenoxy) is 1. The summed E-state index contributed by atoms with van der Waals surface area (Å²) >= 11 is 10.5. The molecular formula is C38H34ClFN4O3S2. The molecule has 0 unspecified atom stereocenters. The zero-order valence-corrected chi connectivity index (χ0v) is 29.4. The first kappa shape index (κ1) is 32.2. The molecule has 3 aliphatic rings. The molecule has 3 aromatic heterocycles. The largest absolute Gasteiger partial charge is 0.493 e. The molecule has 11 heteroatoms. The summed E-state index contributed by atoms with van der Waals surface area (Å²) < 4.78 is 24.5. The molecule has 6 heterocycles. The van der Waals surface area contributed by atoms with E-state index in [2.05, 4.69) is 16.8 Å². The Morgan fingerprint density at radius 1 is 0.980 bits per heavy atom. The van der Waals surface area contributed by atoms with Gasteiger partial charge in [-0.25, -0.2) is 9.18 Å². The SMILES string of the molecule is Cn1c(C(=O)O)c2c3ccc(Cl)c(c31)-c1c(nn3c1CCC3)CSCc1ccc(cn1)CSc1cc(c3ccc(F)cc3c1)OCCCC2. The van der Waals surface area contributed by atoms with Gasteiger partial charge in [0.05, 0.1) is 28.5 Å². The van der Waals surface area contributed by atoms with Crippen molar-refractivity contribution < 1.29 is 19.0 Å². The summed E-state index contributed by atoms with van der Waals surface area (Å²) in [6.07, 6.45) is 5.86. The molecule has 3 aliphatic heterocycles. The fraction of sp³-hybridized carbons (Fsp3) is 0.289. The van der Waals surface area contributed by atoms with Gasteiger partial charge in [0.1, 0.15) is 17.3 Å². The Kier molecular flexibility index (Phi) is 8.80. The molecule has 49 heavy (non-hydrogen) atoms. The number of nitrogens with zero attached hydrogens (tertiary/aromatic N) is 4. The topological polar surface area (TPSA) is 82.2 Å². The molecule has 9 rings (SSSR count). The molecule has 0 amide bonds. The number of fused-ring (bicyclic) bond motifs is 11. The number of rotatable bonds is 1. The maximum absolute atomic E-state index is 14.2. The maximum Gasteiger partial charge on any atom is 0.352 e. The molecule has 3 aromatic carbocycles. The number of aromatic carboxylic acids is 1. The first-order chi connectivity index (χ1) is 23.9. The third-order valence-corrected chi connectivity index (χ3v) is 11.8. The minimum atomic E-state index is -0.962. The van der Waals surface area contributed by atoms with E-state index in [1.165, 1.54) is 6.07 Å². The van der Waals surface area contributed by atoms with Gasteiger partial charge in [0, 0.05) is 69.5 Å². The molecule has 6 aromatic rings. The van der Waals surface area contributed by atoms with Crippen LogP contribution in [0, 0.1) is 5.82 Å². The van der Waals surface area contributed by atoms with Crippen molar-refractivity contribution >= 4 is 62.8 Å². The standard InChI is InChI=1S/C38H34ClFN4O3S2/c1-43-36-29-11-12-30(39)34(36)35-31(42-44-13-4-6-32(35)44)21-48-20-25-9-7-22(18-41-25)19-49-26-16-23-15-24(40)8-10-27(23)33(17-26)47-14-3-2-5-28(29)37(43)38(45)46/h7-12,15-18H,2-6,13-14,19-21H2,1H3,(H,45,46). The lowest BCUT2D eigenvalue weighted by Gasteiger charge is -2.13. The predicted molar refractivity (Wildman–Crippen MR) is 196 cm³/mol. The first-order valence-electron chi connectivity index (χ1n) is 16.5. The van der Waals surface area contributed by atoms with Crippen LogP contribution in [0.5, 0.6) is 5.75 Å². The number of carboxylic acids is 1. The van der Waals surface area contributed by atoms with Gasteiger partial charge in [-0.1, -0.05) is 23.7 Å². The molecule has 0 fully saturated rings. The molecule has 0 saturated heterocycles. The van der Waals surface area contributed by atoms with Gasteiger partial charge in [0.15, 0.2) is 0 Å². The second kappa shape index (κ2) is 13.4. The van der Waals surface area contributed by atoms with Crippen LogP contribution >= 0.6 is 35.1 Å². The van der Waals surface area contributed by atoms with E-state index in [9.17, 15) is 14.3 Å². The van der Waals surface area contributed by atoms with Crippen molar-refractivity contribution in [3.63, 3.8) is 0 Å². The Morgan fingerprint density at radius 2 is 1.86 bits per heavy atom. The van der Waals surface area contributed by atoms with E-state index in [0.717, 1.165) is 103 Å². The molecule has 0 saturated carbocycles. The molecule has 0 radical (unpaired) electrons. The summed E-state index contributed by atoms with van der Waals surface area (Å²) in [6.45, 7) is 1.30. The summed E-state index contributed by atoms with van der Waals surface area (Å²) in [5.74, 6) is 1.59. The molecule has 7 nitrogen and oxygen atoms in total. The number of thioether (sulfide) groups is 2. The van der Waals surface area contributed by atoms with Gasteiger partial charge >= 0.3 is 5.97 Å². The lowest BCUT2D eigenvalue weighted by molar-refractivity contribution is 0.0685. The number of carbonyl (C=O) groups is 1. The summed E-state index contributed by atoms with van der Waals surface area (Å²) in [4.78, 5) is 18.5. The molecule has 1 N–H and O–H groups in total. The number of halogens is 2. The van der Waals surface area contributed by atoms with Gasteiger partial charge in [0.25, 0.3) is 0 Å². The highest BCUT2D eigenvalue weighted by Crippen LogP contribution is 2.44. The van der Waals surface area contributed by atoms with Crippen molar-refractivity contribution in [2.24, 2.45) is 7.05 Å². The van der Waals surface area contributed by atoms with Crippen LogP contribution in [0.2, 0.25) is 5.02 Å². The number of hydrogen-bond acceptors (Lipinski definition) is 6. The number of benzene rings is 3. The Morgan fingerprint density at radius 3 is 2.69 bits per heavy atom. The highest BCUT2D eigenvalue weighted by atomic mass is 35.5. The van der Waals surface area contributed by atoms with Crippen molar-refractivity contribution in [3.8, 4) is 16.9 Å². The fourth-order valence-electron chi connectivity index (χ4n) is 7.25. The molecule has 0 spiro atoms. The van der Waals surface area contributed by atoms with Crippen molar-refractivity contribution in [2.75, 3.05) is 6.61 Å². The molecular weight excluding hydrogens is 679 g/mol. The van der Waals surface area contributed by atoms with Crippen LogP contribution in [0.1, 0.15) is 58.0 Å². The van der Waals surface area contributed by atoms with Crippen molar-refractivity contribution in [1.29, 1.82) is 0 Å². The van der Waals surface area contributed by atoms with Crippen molar-refractivity contribution in [2.45, 2.75) is 60.8 Å². The molecule has 0 atom stereocenters. The minimum Gasteiger partial charge on any atom is -0.493 e. The first-order valence-corrected chi connectivity index (χ1v) is 19.0. The van der Waals surface area contributed by atoms with Crippen LogP contribution in [0.25, 0.3) is 32.8 Å². The van der Waals surface area contributed by atoms with Gasteiger partial charge < -0.3 is 14.4 Å². The summed E-state index contributed by atoms with van der Waals surface area (Å²) in [5.41, 5.74) is 8.02. The number of aromatic nitrogens is 4. The van der Waals surface area contributed by atoms with Crippen LogP contribution in [0.3, 0.4) is 0 Å². The van der Waals surface area contributed by atoms with Crippen LogP contribution in [-0.2, 0) is 43.7 Å². The molecule has 250 valence electrons. The second-order valence-electron chi connectivity index (χ2n) is 12.6. The number of carboxylic acid groups (broad SMARTS) is 1. The number of aryl methyl sites for hydroxylation is 3. The van der Waals surface area contributed by atoms with E-state index < -0.39 is 5.97 Å². The Bertz CT molecular complexity index is 2250. The van der Waals surface area contributed by atoms with Gasteiger partial charge in [0.2, 0.25) is 0 Å². The quantitative estimate of drug-likeness (QED) is 0.182. The van der Waals surface area contributed by atoms with Crippen LogP contribution in [-0.4, -0.2) is 37.0 Å². The van der Waals surface area contributed by atoms with E-state index in [0.29, 0.717) is 36.0 Å². The van der Waals surface area contributed by atoms with E-state index in [-0.39, 0.29) is 11.5 Å². The summed E-state index contributed by atoms with van der Waals surface area (Å²) in [7, 11) is 1.83. The van der Waals surface area contributed by atoms with E-state index >= 15 is 0 Å². The molecule has 0 aliphatic carbocycles. The van der Waals surface area contributed by atoms with Gasteiger partial charge in [-0.2, -0.15) is 5.10 Å². The van der Waals surface area contributed by atoms with Crippen LogP contribution < -0.4 is 4.74 Å². The average Bonchev–Trinajstić information content (AvgIpc) is 3.75. The van der Waals surface area contributed by atoms with Gasteiger partial charge in [-0.05, 0) is 91.1 Å². The smallest absolute Gasteiger partial charge is 0.352 e. The Labute approximate surface area is 296 Å². The monoisotopic (exact) mass is 712 g/mol. The van der Waals surface area contributed by atoms with Crippen molar-refractivity contribution in [3.05, 3.63) is 106 Å². The normalized spacial score (nSPS) is 15.4.